The van der Waals surface area contributed by atoms with Gasteiger partial charge in [0.2, 0.25) is 0 Å². The summed E-state index contributed by atoms with van der Waals surface area (Å²) in [6.45, 7) is 7.10. The number of fused-ring (bicyclic) bond motifs is 1. The lowest BCUT2D eigenvalue weighted by molar-refractivity contribution is 0.958. The molecular formula is C10H15N3Si. The quantitative estimate of drug-likeness (QED) is 0.765. The van der Waals surface area contributed by atoms with Gasteiger partial charge in [0.05, 0.1) is 0 Å². The van der Waals surface area contributed by atoms with Gasteiger partial charge in [0, 0.05) is 8.07 Å². The first-order chi connectivity index (χ1) is 6.56. The first-order valence-corrected chi connectivity index (χ1v) is 8.55. The lowest BCUT2D eigenvalue weighted by Crippen LogP contribution is -2.23. The second-order valence-electron chi connectivity index (χ2n) is 4.85. The predicted molar refractivity (Wildman–Crippen MR) is 60.9 cm³/mol. The number of hydrogen-bond acceptors (Lipinski definition) is 2. The van der Waals surface area contributed by atoms with Gasteiger partial charge in [-0.25, -0.2) is 0 Å². The molecule has 0 radical (unpaired) electrons. The first-order valence-electron chi connectivity index (χ1n) is 4.85. The van der Waals surface area contributed by atoms with Crippen molar-refractivity contribution in [2.45, 2.75) is 25.7 Å². The molecule has 0 aliphatic rings. The number of aromatic amines is 1. The van der Waals surface area contributed by atoms with Crippen LogP contribution in [0.5, 0.6) is 0 Å². The molecule has 74 valence electrons. The van der Waals surface area contributed by atoms with E-state index in [0.717, 1.165) is 17.1 Å². The highest BCUT2D eigenvalue weighted by Crippen LogP contribution is 2.18. The zero-order valence-electron chi connectivity index (χ0n) is 8.83. The van der Waals surface area contributed by atoms with E-state index in [1.165, 1.54) is 5.56 Å². The molecule has 0 amide bonds. The Morgan fingerprint density at radius 3 is 2.71 bits per heavy atom. The van der Waals surface area contributed by atoms with Crippen LogP contribution in [0.3, 0.4) is 0 Å². The van der Waals surface area contributed by atoms with Gasteiger partial charge in [-0.2, -0.15) is 15.4 Å². The topological polar surface area (TPSA) is 41.6 Å². The van der Waals surface area contributed by atoms with E-state index in [1.807, 2.05) is 6.07 Å². The maximum atomic E-state index is 4.19. The second-order valence-corrected chi connectivity index (χ2v) is 10.3. The average Bonchev–Trinajstić information content (AvgIpc) is 2.49. The third kappa shape index (κ3) is 1.85. The third-order valence-electron chi connectivity index (χ3n) is 2.15. The van der Waals surface area contributed by atoms with Crippen LogP contribution < -0.4 is 0 Å². The fraction of sp³-hybridized carbons (Fsp3) is 0.400. The molecule has 0 fully saturated rings. The molecule has 4 heteroatoms. The summed E-state index contributed by atoms with van der Waals surface area (Å²) in [6.07, 6.45) is 0. The summed E-state index contributed by atoms with van der Waals surface area (Å²) >= 11 is 0. The summed E-state index contributed by atoms with van der Waals surface area (Å²) in [4.78, 5) is 0. The molecule has 1 heterocycles. The molecular weight excluding hydrogens is 190 g/mol. The van der Waals surface area contributed by atoms with Gasteiger partial charge in [-0.3, -0.25) is 0 Å². The highest BCUT2D eigenvalue weighted by atomic mass is 28.3. The molecule has 0 aliphatic carbocycles. The third-order valence-corrected chi connectivity index (χ3v) is 3.59. The van der Waals surface area contributed by atoms with E-state index < -0.39 is 8.07 Å². The van der Waals surface area contributed by atoms with Crippen molar-refractivity contribution in [3.05, 3.63) is 23.8 Å². The van der Waals surface area contributed by atoms with Gasteiger partial charge in [0.1, 0.15) is 11.0 Å². The molecule has 2 aromatic rings. The van der Waals surface area contributed by atoms with E-state index in [4.69, 9.17) is 0 Å². The Morgan fingerprint density at radius 1 is 1.21 bits per heavy atom. The lowest BCUT2D eigenvalue weighted by atomic mass is 10.2. The van der Waals surface area contributed by atoms with Crippen molar-refractivity contribution in [2.24, 2.45) is 0 Å². The molecule has 1 aromatic carbocycles. The molecule has 1 aromatic heterocycles. The van der Waals surface area contributed by atoms with E-state index in [0.29, 0.717) is 0 Å². The lowest BCUT2D eigenvalue weighted by Gasteiger charge is -2.15. The Balaban J connectivity index is 2.46. The smallest absolute Gasteiger partial charge is 0.115 e. The Morgan fingerprint density at radius 2 is 2.00 bits per heavy atom. The number of para-hydroxylation sites is 1. The van der Waals surface area contributed by atoms with Gasteiger partial charge >= 0.3 is 0 Å². The molecule has 1 N–H and O–H groups in total. The van der Waals surface area contributed by atoms with Crippen molar-refractivity contribution >= 4 is 19.1 Å². The van der Waals surface area contributed by atoms with Crippen molar-refractivity contribution < 1.29 is 0 Å². The van der Waals surface area contributed by atoms with Crippen molar-refractivity contribution in [2.75, 3.05) is 0 Å². The molecule has 0 spiro atoms. The minimum atomic E-state index is -1.07. The van der Waals surface area contributed by atoms with E-state index in [1.54, 1.807) is 0 Å². The van der Waals surface area contributed by atoms with E-state index in [2.05, 4.69) is 47.2 Å². The van der Waals surface area contributed by atoms with Crippen molar-refractivity contribution in [3.63, 3.8) is 0 Å². The molecule has 0 aliphatic heterocycles. The molecule has 2 rings (SSSR count). The molecule has 0 bridgehead atoms. The second kappa shape index (κ2) is 3.20. The summed E-state index contributed by atoms with van der Waals surface area (Å²) in [7, 11) is -1.07. The summed E-state index contributed by atoms with van der Waals surface area (Å²) in [6, 6.07) is 7.37. The zero-order chi connectivity index (χ0) is 10.2. The fourth-order valence-electron chi connectivity index (χ4n) is 1.64. The largest absolute Gasteiger partial charge is 0.197 e. The van der Waals surface area contributed by atoms with Gasteiger partial charge in [0.15, 0.2) is 0 Å². The molecule has 0 saturated carbocycles. The van der Waals surface area contributed by atoms with Gasteiger partial charge in [-0.15, -0.1) is 0 Å². The first kappa shape index (κ1) is 9.39. The fourth-order valence-corrected chi connectivity index (χ4v) is 3.07. The number of H-pyrrole nitrogens is 1. The van der Waals surface area contributed by atoms with Gasteiger partial charge < -0.3 is 0 Å². The Hall–Kier alpha value is -1.16. The van der Waals surface area contributed by atoms with Crippen LogP contribution in [0.4, 0.5) is 0 Å². The van der Waals surface area contributed by atoms with Crippen LogP contribution in [0.2, 0.25) is 19.6 Å². The average molecular weight is 205 g/mol. The van der Waals surface area contributed by atoms with Crippen LogP contribution in [-0.2, 0) is 6.04 Å². The Kier molecular flexibility index (Phi) is 2.15. The van der Waals surface area contributed by atoms with E-state index in [9.17, 15) is 0 Å². The summed E-state index contributed by atoms with van der Waals surface area (Å²) in [5.41, 5.74) is 3.34. The van der Waals surface area contributed by atoms with Crippen LogP contribution in [-0.4, -0.2) is 23.5 Å². The summed E-state index contributed by atoms with van der Waals surface area (Å²) < 4.78 is 0. The molecule has 3 nitrogen and oxygen atoms in total. The highest BCUT2D eigenvalue weighted by Gasteiger charge is 2.16. The SMILES string of the molecule is C[Si](C)(C)Cc1cccc2n[nH]nc12. The van der Waals surface area contributed by atoms with E-state index >= 15 is 0 Å². The van der Waals surface area contributed by atoms with Crippen LogP contribution in [0, 0.1) is 0 Å². The monoisotopic (exact) mass is 205 g/mol. The Bertz CT molecular complexity index is 442. The minimum absolute atomic E-state index is 0.973. The van der Waals surface area contributed by atoms with Gasteiger partial charge in [0.25, 0.3) is 0 Å². The molecule has 0 atom stereocenters. The predicted octanol–water partition coefficient (Wildman–Crippen LogP) is 2.38. The minimum Gasteiger partial charge on any atom is -0.197 e. The van der Waals surface area contributed by atoms with Crippen LogP contribution in [0.25, 0.3) is 11.0 Å². The zero-order valence-corrected chi connectivity index (χ0v) is 9.83. The summed E-state index contributed by atoms with van der Waals surface area (Å²) in [5, 5.41) is 11.0. The number of benzene rings is 1. The maximum Gasteiger partial charge on any atom is 0.115 e. The summed E-state index contributed by atoms with van der Waals surface area (Å²) in [5.74, 6) is 0. The van der Waals surface area contributed by atoms with Crippen LogP contribution in [0.15, 0.2) is 18.2 Å². The van der Waals surface area contributed by atoms with Crippen molar-refractivity contribution in [1.29, 1.82) is 0 Å². The number of rotatable bonds is 2. The standard InChI is InChI=1S/C10H15N3Si/c1-14(2,3)7-8-5-4-6-9-10(8)12-13-11-9/h4-6H,7H2,1-3H3,(H,11,12,13). The molecule has 0 unspecified atom stereocenters. The highest BCUT2D eigenvalue weighted by molar-refractivity contribution is 6.75. The normalized spacial score (nSPS) is 12.2. The molecule has 14 heavy (non-hydrogen) atoms. The van der Waals surface area contributed by atoms with Gasteiger partial charge in [-0.05, 0) is 17.7 Å². The van der Waals surface area contributed by atoms with E-state index in [-0.39, 0.29) is 0 Å². The Labute approximate surface area is 84.5 Å². The number of nitrogens with one attached hydrogen (secondary N) is 1. The van der Waals surface area contributed by atoms with Crippen LogP contribution in [0.1, 0.15) is 5.56 Å². The number of aromatic nitrogens is 3. The van der Waals surface area contributed by atoms with Crippen molar-refractivity contribution in [1.82, 2.24) is 15.4 Å². The maximum absolute atomic E-state index is 4.19. The van der Waals surface area contributed by atoms with Crippen molar-refractivity contribution in [3.8, 4) is 0 Å². The van der Waals surface area contributed by atoms with Gasteiger partial charge in [-0.1, -0.05) is 31.8 Å². The molecule has 0 saturated heterocycles. The number of nitrogens with zero attached hydrogens (tertiary/aromatic N) is 2. The number of hydrogen-bond donors (Lipinski definition) is 1. The van der Waals surface area contributed by atoms with Crippen LogP contribution >= 0.6 is 0 Å².